The highest BCUT2D eigenvalue weighted by molar-refractivity contribution is 5.52. The van der Waals surface area contributed by atoms with E-state index in [4.69, 9.17) is 14.2 Å². The van der Waals surface area contributed by atoms with Gasteiger partial charge in [0.15, 0.2) is 0 Å². The highest BCUT2D eigenvalue weighted by atomic mass is 16.5. The van der Waals surface area contributed by atoms with Gasteiger partial charge in [0.05, 0.1) is 7.11 Å². The molecule has 1 fully saturated rings. The fraction of sp³-hybridized carbons (Fsp3) is 0.419. The predicted molar refractivity (Wildman–Crippen MR) is 142 cm³/mol. The molecule has 3 aromatic carbocycles. The molecule has 5 heteroatoms. The van der Waals surface area contributed by atoms with Gasteiger partial charge in [-0.25, -0.2) is 0 Å². The summed E-state index contributed by atoms with van der Waals surface area (Å²) in [7, 11) is 1.68. The van der Waals surface area contributed by atoms with Crippen LogP contribution in [0.2, 0.25) is 0 Å². The summed E-state index contributed by atoms with van der Waals surface area (Å²) in [4.78, 5) is 2.31. The van der Waals surface area contributed by atoms with Gasteiger partial charge in [0, 0.05) is 30.0 Å². The second kappa shape index (κ2) is 10.5. The highest BCUT2D eigenvalue weighted by Crippen LogP contribution is 2.53. The van der Waals surface area contributed by atoms with Gasteiger partial charge in [-0.2, -0.15) is 0 Å². The predicted octanol–water partition coefficient (Wildman–Crippen LogP) is 5.62. The van der Waals surface area contributed by atoms with E-state index in [1.54, 1.807) is 7.11 Å². The second-order valence-electron chi connectivity index (χ2n) is 10.5. The quantitative estimate of drug-likeness (QED) is 0.447. The Morgan fingerprint density at radius 3 is 2.33 bits per heavy atom. The Morgan fingerprint density at radius 1 is 0.944 bits per heavy atom. The second-order valence-corrected chi connectivity index (χ2v) is 10.5. The monoisotopic (exact) mass is 487 g/mol. The summed E-state index contributed by atoms with van der Waals surface area (Å²) in [6.45, 7) is 7.45. The Hall–Kier alpha value is -3.02. The minimum Gasteiger partial charge on any atom is -0.497 e. The first kappa shape index (κ1) is 24.7. The molecule has 5 nitrogen and oxygen atoms in total. The Labute approximate surface area is 214 Å². The number of ether oxygens (including phenoxy) is 3. The Kier molecular flexibility index (Phi) is 7.22. The Bertz CT molecular complexity index is 1140. The van der Waals surface area contributed by atoms with Crippen molar-refractivity contribution in [3.63, 3.8) is 0 Å². The van der Waals surface area contributed by atoms with Crippen LogP contribution in [0, 0.1) is 0 Å². The van der Waals surface area contributed by atoms with Crippen LogP contribution in [-0.4, -0.2) is 55.1 Å². The maximum atomic E-state index is 10.4. The third-order valence-electron chi connectivity index (χ3n) is 7.52. The van der Waals surface area contributed by atoms with Gasteiger partial charge in [0.1, 0.15) is 35.6 Å². The first-order valence-electron chi connectivity index (χ1n) is 13.0. The number of nitrogens with zero attached hydrogens (tertiary/aromatic N) is 1. The van der Waals surface area contributed by atoms with Gasteiger partial charge in [-0.15, -0.1) is 0 Å². The molecule has 5 rings (SSSR count). The molecule has 2 aliphatic rings. The highest BCUT2D eigenvalue weighted by Gasteiger charge is 2.45. The van der Waals surface area contributed by atoms with Crippen molar-refractivity contribution in [1.29, 1.82) is 0 Å². The molecule has 0 saturated carbocycles. The third kappa shape index (κ3) is 5.23. The molecular formula is C31H37NO4. The SMILES string of the molecule is COc1ccc2c(c1)OC(C)(C)[C@@H](c1ccccc1)[C@@H]2c1ccc(OCC(O)CN2CCCC2)cc1. The molecule has 1 saturated heterocycles. The number of methoxy groups -OCH3 is 1. The number of β-amino-alcohol motifs (C(OH)–C–C–N with tert-alkyl or cyclic N) is 1. The zero-order valence-corrected chi connectivity index (χ0v) is 21.5. The smallest absolute Gasteiger partial charge is 0.127 e. The van der Waals surface area contributed by atoms with Gasteiger partial charge in [-0.1, -0.05) is 48.5 Å². The van der Waals surface area contributed by atoms with Crippen molar-refractivity contribution < 1.29 is 19.3 Å². The molecule has 0 radical (unpaired) electrons. The summed E-state index contributed by atoms with van der Waals surface area (Å²) in [6, 6.07) is 25.1. The van der Waals surface area contributed by atoms with Crippen LogP contribution < -0.4 is 14.2 Å². The number of rotatable bonds is 8. The van der Waals surface area contributed by atoms with Crippen LogP contribution in [-0.2, 0) is 0 Å². The summed E-state index contributed by atoms with van der Waals surface area (Å²) in [6.07, 6.45) is 1.96. The van der Waals surface area contributed by atoms with E-state index < -0.39 is 11.7 Å². The molecule has 3 atom stereocenters. The molecular weight excluding hydrogens is 450 g/mol. The number of hydrogen-bond acceptors (Lipinski definition) is 5. The zero-order valence-electron chi connectivity index (χ0n) is 21.5. The zero-order chi connectivity index (χ0) is 25.1. The first-order valence-corrected chi connectivity index (χ1v) is 13.0. The molecule has 0 bridgehead atoms. The lowest BCUT2D eigenvalue weighted by Gasteiger charge is -2.45. The number of likely N-dealkylation sites (tertiary alicyclic amines) is 1. The van der Waals surface area contributed by atoms with E-state index in [2.05, 4.69) is 67.3 Å². The van der Waals surface area contributed by atoms with Crippen LogP contribution in [0.25, 0.3) is 0 Å². The van der Waals surface area contributed by atoms with E-state index >= 15 is 0 Å². The van der Waals surface area contributed by atoms with Crippen molar-refractivity contribution in [2.75, 3.05) is 33.4 Å². The number of fused-ring (bicyclic) bond motifs is 1. The standard InChI is InChI=1S/C31H37NO4/c1-31(2)30(23-9-5-4-6-10-23)29(27-16-15-26(34-3)19-28(27)36-31)22-11-13-25(14-12-22)35-21-24(33)20-32-17-7-8-18-32/h4-6,9-16,19,24,29-30,33H,7-8,17-18,20-21H2,1-3H3/t24?,29-,30+/m1/s1. The third-order valence-corrected chi connectivity index (χ3v) is 7.52. The molecule has 3 aromatic rings. The molecule has 1 N–H and O–H groups in total. The van der Waals surface area contributed by atoms with Gasteiger partial charge < -0.3 is 24.2 Å². The minimum absolute atomic E-state index is 0.104. The van der Waals surface area contributed by atoms with Crippen molar-refractivity contribution in [3.05, 3.63) is 89.5 Å². The van der Waals surface area contributed by atoms with Crippen molar-refractivity contribution in [3.8, 4) is 17.2 Å². The maximum absolute atomic E-state index is 10.4. The lowest BCUT2D eigenvalue weighted by Crippen LogP contribution is -2.43. The molecule has 36 heavy (non-hydrogen) atoms. The van der Waals surface area contributed by atoms with E-state index in [9.17, 15) is 5.11 Å². The van der Waals surface area contributed by atoms with Gasteiger partial charge in [0.2, 0.25) is 0 Å². The average Bonchev–Trinajstić information content (AvgIpc) is 3.39. The van der Waals surface area contributed by atoms with Crippen molar-refractivity contribution in [1.82, 2.24) is 4.90 Å². The van der Waals surface area contributed by atoms with Crippen LogP contribution >= 0.6 is 0 Å². The van der Waals surface area contributed by atoms with E-state index in [1.165, 1.54) is 24.0 Å². The van der Waals surface area contributed by atoms with E-state index in [0.29, 0.717) is 13.2 Å². The van der Waals surface area contributed by atoms with E-state index in [1.807, 2.05) is 24.3 Å². The van der Waals surface area contributed by atoms with Crippen LogP contribution in [0.15, 0.2) is 72.8 Å². The molecule has 0 amide bonds. The summed E-state index contributed by atoms with van der Waals surface area (Å²) < 4.78 is 18.0. The summed E-state index contributed by atoms with van der Waals surface area (Å²) >= 11 is 0. The number of aliphatic hydroxyl groups excluding tert-OH is 1. The number of benzene rings is 3. The van der Waals surface area contributed by atoms with Gasteiger partial charge >= 0.3 is 0 Å². The fourth-order valence-corrected chi connectivity index (χ4v) is 5.82. The number of aliphatic hydroxyl groups is 1. The summed E-state index contributed by atoms with van der Waals surface area (Å²) in [5, 5.41) is 10.4. The molecule has 0 spiro atoms. The van der Waals surface area contributed by atoms with Crippen LogP contribution in [0.1, 0.15) is 55.2 Å². The largest absolute Gasteiger partial charge is 0.497 e. The Balaban J connectivity index is 1.41. The van der Waals surface area contributed by atoms with Gasteiger partial charge in [0.25, 0.3) is 0 Å². The van der Waals surface area contributed by atoms with Crippen LogP contribution in [0.4, 0.5) is 0 Å². The fourth-order valence-electron chi connectivity index (χ4n) is 5.82. The lowest BCUT2D eigenvalue weighted by molar-refractivity contribution is 0.0527. The van der Waals surface area contributed by atoms with Gasteiger partial charge in [-0.05, 0) is 69.1 Å². The minimum atomic E-state index is -0.483. The van der Waals surface area contributed by atoms with E-state index in [-0.39, 0.29) is 11.8 Å². The summed E-state index contributed by atoms with van der Waals surface area (Å²) in [5.74, 6) is 2.65. The van der Waals surface area contributed by atoms with Crippen LogP contribution in [0.3, 0.4) is 0 Å². The normalized spacial score (nSPS) is 21.9. The topological polar surface area (TPSA) is 51.2 Å². The average molecular weight is 488 g/mol. The van der Waals surface area contributed by atoms with Crippen molar-refractivity contribution >= 4 is 0 Å². The lowest BCUT2D eigenvalue weighted by atomic mass is 9.68. The first-order chi connectivity index (χ1) is 17.4. The Morgan fingerprint density at radius 2 is 1.64 bits per heavy atom. The van der Waals surface area contributed by atoms with Crippen molar-refractivity contribution in [2.45, 2.75) is 50.2 Å². The van der Waals surface area contributed by atoms with Crippen LogP contribution in [0.5, 0.6) is 17.2 Å². The van der Waals surface area contributed by atoms with Crippen molar-refractivity contribution in [2.24, 2.45) is 0 Å². The molecule has 1 unspecified atom stereocenters. The molecule has 0 aliphatic carbocycles. The maximum Gasteiger partial charge on any atom is 0.127 e. The van der Waals surface area contributed by atoms with E-state index in [0.717, 1.165) is 35.9 Å². The number of hydrogen-bond donors (Lipinski definition) is 1. The molecule has 2 heterocycles. The summed E-state index contributed by atoms with van der Waals surface area (Å²) in [5.41, 5.74) is 3.18. The molecule has 0 aromatic heterocycles. The molecule has 190 valence electrons. The molecule has 2 aliphatic heterocycles. The van der Waals surface area contributed by atoms with Gasteiger partial charge in [-0.3, -0.25) is 0 Å².